The molecule has 2 nitrogen and oxygen atoms in total. The van der Waals surface area contributed by atoms with E-state index in [9.17, 15) is 10.2 Å². The first-order valence-corrected chi connectivity index (χ1v) is 7.77. The summed E-state index contributed by atoms with van der Waals surface area (Å²) in [4.78, 5) is 0. The normalized spacial score (nSPS) is 11.8. The van der Waals surface area contributed by atoms with Crippen LogP contribution in [0.5, 0.6) is 0 Å². The summed E-state index contributed by atoms with van der Waals surface area (Å²) in [7, 11) is 0. The van der Waals surface area contributed by atoms with Gasteiger partial charge in [-0.1, -0.05) is 30.7 Å². The molecule has 18 heavy (non-hydrogen) atoms. The summed E-state index contributed by atoms with van der Waals surface area (Å²) in [6.07, 6.45) is 1.77. The fraction of sp³-hybridized carbons (Fsp3) is 0.571. The lowest BCUT2D eigenvalue weighted by Crippen LogP contribution is -2.35. The van der Waals surface area contributed by atoms with Crippen LogP contribution in [0, 0.1) is 0 Å². The number of halogens is 1. The summed E-state index contributed by atoms with van der Waals surface area (Å²) >= 11 is 7.75. The molecule has 1 rings (SSSR count). The van der Waals surface area contributed by atoms with Crippen molar-refractivity contribution < 1.29 is 10.2 Å². The average molecular weight is 289 g/mol. The smallest absolute Gasteiger partial charge is 0.0550 e. The second kappa shape index (κ2) is 8.05. The Bertz CT molecular complexity index is 336. The maximum absolute atomic E-state index is 9.66. The van der Waals surface area contributed by atoms with Gasteiger partial charge in [0.15, 0.2) is 0 Å². The van der Waals surface area contributed by atoms with E-state index in [0.29, 0.717) is 5.02 Å². The summed E-state index contributed by atoms with van der Waals surface area (Å²) in [5.41, 5.74) is 0.414. The topological polar surface area (TPSA) is 40.5 Å². The van der Waals surface area contributed by atoms with E-state index in [1.165, 1.54) is 0 Å². The number of hydrogen-bond donors (Lipinski definition) is 2. The van der Waals surface area contributed by atoms with Crippen molar-refractivity contribution in [2.75, 3.05) is 24.7 Å². The van der Waals surface area contributed by atoms with Gasteiger partial charge in [0.1, 0.15) is 0 Å². The van der Waals surface area contributed by atoms with E-state index in [1.54, 1.807) is 12.1 Å². The zero-order valence-electron chi connectivity index (χ0n) is 10.7. The van der Waals surface area contributed by atoms with Crippen LogP contribution in [0.3, 0.4) is 0 Å². The number of aliphatic hydroxyl groups excluding tert-OH is 2. The first kappa shape index (κ1) is 15.8. The highest BCUT2D eigenvalue weighted by Crippen LogP contribution is 2.30. The van der Waals surface area contributed by atoms with Crippen LogP contribution in [-0.2, 0) is 5.41 Å². The molecule has 0 aromatic heterocycles. The highest BCUT2D eigenvalue weighted by molar-refractivity contribution is 7.99. The molecule has 102 valence electrons. The second-order valence-electron chi connectivity index (χ2n) is 4.40. The highest BCUT2D eigenvalue weighted by atomic mass is 35.5. The van der Waals surface area contributed by atoms with E-state index in [4.69, 9.17) is 11.6 Å². The van der Waals surface area contributed by atoms with Crippen molar-refractivity contribution in [2.24, 2.45) is 0 Å². The number of hydrogen-bond acceptors (Lipinski definition) is 3. The number of aliphatic hydroxyl groups is 2. The van der Waals surface area contributed by atoms with Crippen molar-refractivity contribution in [3.63, 3.8) is 0 Å². The summed E-state index contributed by atoms with van der Waals surface area (Å²) in [5.74, 6) is 2.16. The van der Waals surface area contributed by atoms with Crippen LogP contribution in [0.15, 0.2) is 24.3 Å². The summed E-state index contributed by atoms with van der Waals surface area (Å²) < 4.78 is 0. The molecule has 0 aliphatic heterocycles. The second-order valence-corrected chi connectivity index (χ2v) is 6.23. The Kier molecular flexibility index (Phi) is 7.08. The maximum atomic E-state index is 9.66. The molecule has 0 bridgehead atoms. The van der Waals surface area contributed by atoms with Crippen molar-refractivity contribution in [3.8, 4) is 0 Å². The van der Waals surface area contributed by atoms with Gasteiger partial charge in [0.05, 0.1) is 13.2 Å². The van der Waals surface area contributed by atoms with Crippen molar-refractivity contribution in [2.45, 2.75) is 25.2 Å². The van der Waals surface area contributed by atoms with Crippen LogP contribution in [0.2, 0.25) is 5.02 Å². The van der Waals surface area contributed by atoms with Crippen molar-refractivity contribution in [3.05, 3.63) is 34.9 Å². The van der Waals surface area contributed by atoms with Gasteiger partial charge in [0, 0.05) is 10.4 Å². The molecule has 1 aromatic carbocycles. The summed E-state index contributed by atoms with van der Waals surface area (Å²) in [6.45, 7) is 2.05. The minimum Gasteiger partial charge on any atom is -0.395 e. The van der Waals surface area contributed by atoms with Crippen LogP contribution in [-0.4, -0.2) is 34.9 Å². The van der Waals surface area contributed by atoms with Gasteiger partial charge >= 0.3 is 0 Å². The first-order valence-electron chi connectivity index (χ1n) is 6.24. The Labute approximate surface area is 118 Å². The van der Waals surface area contributed by atoms with Crippen LogP contribution < -0.4 is 0 Å². The molecule has 0 aliphatic rings. The molecule has 4 heteroatoms. The van der Waals surface area contributed by atoms with Crippen LogP contribution >= 0.6 is 23.4 Å². The quantitative estimate of drug-likeness (QED) is 0.722. The molecule has 1 aromatic rings. The lowest BCUT2D eigenvalue weighted by Gasteiger charge is -2.30. The summed E-state index contributed by atoms with van der Waals surface area (Å²) in [6, 6.07) is 7.39. The average Bonchev–Trinajstić information content (AvgIpc) is 2.41. The number of benzene rings is 1. The fourth-order valence-electron chi connectivity index (χ4n) is 2.00. The molecular formula is C14H21ClO2S. The molecule has 0 amide bonds. The highest BCUT2D eigenvalue weighted by Gasteiger charge is 2.30. The molecular weight excluding hydrogens is 268 g/mol. The molecule has 0 aliphatic carbocycles. The Balaban J connectivity index is 2.75. The minimum absolute atomic E-state index is 0.0398. The van der Waals surface area contributed by atoms with Crippen LogP contribution in [0.4, 0.5) is 0 Å². The number of rotatable bonds is 8. The lowest BCUT2D eigenvalue weighted by atomic mass is 9.78. The zero-order chi connectivity index (χ0) is 13.4. The molecule has 0 saturated heterocycles. The maximum Gasteiger partial charge on any atom is 0.0550 e. The van der Waals surface area contributed by atoms with Crippen LogP contribution in [0.25, 0.3) is 0 Å². The zero-order valence-corrected chi connectivity index (χ0v) is 12.3. The van der Waals surface area contributed by atoms with Gasteiger partial charge in [-0.15, -0.1) is 0 Å². The van der Waals surface area contributed by atoms with Gasteiger partial charge in [-0.05, 0) is 42.0 Å². The van der Waals surface area contributed by atoms with Crippen LogP contribution in [0.1, 0.15) is 25.3 Å². The molecule has 2 N–H and O–H groups in total. The van der Waals surface area contributed by atoms with E-state index < -0.39 is 5.41 Å². The summed E-state index contributed by atoms with van der Waals surface area (Å²) in [5, 5.41) is 20.0. The largest absolute Gasteiger partial charge is 0.395 e. The predicted molar refractivity (Wildman–Crippen MR) is 79.5 cm³/mol. The monoisotopic (exact) mass is 288 g/mol. The molecule has 0 saturated carbocycles. The fourth-order valence-corrected chi connectivity index (χ4v) is 2.76. The molecule has 0 fully saturated rings. The van der Waals surface area contributed by atoms with Crippen molar-refractivity contribution in [1.29, 1.82) is 0 Å². The number of thioether (sulfide) groups is 1. The van der Waals surface area contributed by atoms with Gasteiger partial charge in [0.2, 0.25) is 0 Å². The lowest BCUT2D eigenvalue weighted by molar-refractivity contribution is 0.109. The SMILES string of the molecule is CCSCCCC(CO)(CO)c1ccc(Cl)cc1. The third kappa shape index (κ3) is 4.16. The van der Waals surface area contributed by atoms with Gasteiger partial charge in [-0.3, -0.25) is 0 Å². The van der Waals surface area contributed by atoms with Gasteiger partial charge in [-0.2, -0.15) is 11.8 Å². The first-order chi connectivity index (χ1) is 8.68. The van der Waals surface area contributed by atoms with E-state index in [-0.39, 0.29) is 13.2 Å². The van der Waals surface area contributed by atoms with E-state index in [2.05, 4.69) is 6.92 Å². The van der Waals surface area contributed by atoms with Crippen molar-refractivity contribution in [1.82, 2.24) is 0 Å². The molecule has 0 heterocycles. The Morgan fingerprint density at radius 3 is 2.28 bits per heavy atom. The molecule has 0 spiro atoms. The Hall–Kier alpha value is -0.220. The van der Waals surface area contributed by atoms with Crippen molar-refractivity contribution >= 4 is 23.4 Å². The van der Waals surface area contributed by atoms with Gasteiger partial charge < -0.3 is 10.2 Å². The van der Waals surface area contributed by atoms with E-state index in [1.807, 2.05) is 23.9 Å². The Morgan fingerprint density at radius 1 is 1.17 bits per heavy atom. The predicted octanol–water partition coefficient (Wildman–Crippen LogP) is 3.10. The molecule has 0 atom stereocenters. The third-order valence-electron chi connectivity index (χ3n) is 3.21. The van der Waals surface area contributed by atoms with E-state index >= 15 is 0 Å². The third-order valence-corrected chi connectivity index (χ3v) is 4.45. The van der Waals surface area contributed by atoms with E-state index in [0.717, 1.165) is 29.9 Å². The Morgan fingerprint density at radius 2 is 1.78 bits per heavy atom. The van der Waals surface area contributed by atoms with Gasteiger partial charge in [-0.25, -0.2) is 0 Å². The molecule has 0 radical (unpaired) electrons. The standard InChI is InChI=1S/C14H21ClO2S/c1-2-18-9-3-8-14(10-16,11-17)12-4-6-13(15)7-5-12/h4-7,16-17H,2-3,8-11H2,1H3. The van der Waals surface area contributed by atoms with Gasteiger partial charge in [0.25, 0.3) is 0 Å². The molecule has 0 unspecified atom stereocenters. The minimum atomic E-state index is -0.543.